The Labute approximate surface area is 66.1 Å². The number of nitrogens with one attached hydrogen (secondary N) is 1. The predicted octanol–water partition coefficient (Wildman–Crippen LogP) is -0.760. The molecule has 4 heteroatoms. The van der Waals surface area contributed by atoms with E-state index in [0.717, 1.165) is 12.8 Å². The van der Waals surface area contributed by atoms with Crippen LogP contribution in [-0.2, 0) is 9.53 Å². The lowest BCUT2D eigenvalue weighted by atomic mass is 10.2. The maximum absolute atomic E-state index is 11.1. The molecule has 1 atom stereocenters. The van der Waals surface area contributed by atoms with Crippen molar-refractivity contribution in [3.05, 3.63) is 0 Å². The number of nitrogens with two attached hydrogens (primary N) is 1. The summed E-state index contributed by atoms with van der Waals surface area (Å²) in [6.45, 7) is 1.73. The molecule has 4 nitrogen and oxygen atoms in total. The minimum absolute atomic E-state index is 0.0204. The van der Waals surface area contributed by atoms with Crippen LogP contribution in [0, 0.1) is 0 Å². The number of hydrogen-bond donors (Lipinski definition) is 2. The highest BCUT2D eigenvalue weighted by molar-refractivity contribution is 5.80. The second-order valence-corrected chi connectivity index (χ2v) is 2.58. The summed E-state index contributed by atoms with van der Waals surface area (Å²) in [5, 5.41) is 2.69. The van der Waals surface area contributed by atoms with Gasteiger partial charge in [0.05, 0.1) is 0 Å². The summed E-state index contributed by atoms with van der Waals surface area (Å²) >= 11 is 0. The molecule has 3 N–H and O–H groups in total. The number of rotatable bonds is 3. The van der Waals surface area contributed by atoms with E-state index in [2.05, 4.69) is 5.32 Å². The summed E-state index contributed by atoms with van der Waals surface area (Å²) in [5.41, 5.74) is 5.22. The standard InChI is InChI=1S/C7H14N2O2/c8-3-4-9-7(10)6-2-1-5-11-6/h6H,1-5,8H2,(H,9,10)/t6-/m0/s1. The molecule has 0 radical (unpaired) electrons. The Morgan fingerprint density at radius 1 is 1.73 bits per heavy atom. The predicted molar refractivity (Wildman–Crippen MR) is 41.0 cm³/mol. The van der Waals surface area contributed by atoms with Crippen molar-refractivity contribution in [2.45, 2.75) is 18.9 Å². The highest BCUT2D eigenvalue weighted by atomic mass is 16.5. The van der Waals surface area contributed by atoms with Gasteiger partial charge in [-0.3, -0.25) is 4.79 Å². The van der Waals surface area contributed by atoms with Crippen LogP contribution in [0.2, 0.25) is 0 Å². The lowest BCUT2D eigenvalue weighted by molar-refractivity contribution is -0.129. The van der Waals surface area contributed by atoms with Gasteiger partial charge in [-0.15, -0.1) is 0 Å². The van der Waals surface area contributed by atoms with E-state index in [1.165, 1.54) is 0 Å². The second-order valence-electron chi connectivity index (χ2n) is 2.58. The molecule has 0 aromatic heterocycles. The highest BCUT2D eigenvalue weighted by Crippen LogP contribution is 2.11. The third-order valence-corrected chi connectivity index (χ3v) is 1.67. The topological polar surface area (TPSA) is 64.3 Å². The summed E-state index contributed by atoms with van der Waals surface area (Å²) in [5.74, 6) is -0.0204. The van der Waals surface area contributed by atoms with Crippen LogP contribution in [0.15, 0.2) is 0 Å². The van der Waals surface area contributed by atoms with E-state index in [9.17, 15) is 4.79 Å². The van der Waals surface area contributed by atoms with Crippen LogP contribution in [-0.4, -0.2) is 31.7 Å². The van der Waals surface area contributed by atoms with E-state index in [0.29, 0.717) is 19.7 Å². The minimum Gasteiger partial charge on any atom is -0.368 e. The van der Waals surface area contributed by atoms with Crippen molar-refractivity contribution in [1.29, 1.82) is 0 Å². The SMILES string of the molecule is NCCNC(=O)[C@@H]1CCCO1. The summed E-state index contributed by atoms with van der Waals surface area (Å²) in [6, 6.07) is 0. The number of ether oxygens (including phenoxy) is 1. The summed E-state index contributed by atoms with van der Waals surface area (Å²) in [4.78, 5) is 11.1. The third-order valence-electron chi connectivity index (χ3n) is 1.67. The fourth-order valence-electron chi connectivity index (χ4n) is 1.09. The Kier molecular flexibility index (Phi) is 3.32. The van der Waals surface area contributed by atoms with Gasteiger partial charge in [-0.1, -0.05) is 0 Å². The van der Waals surface area contributed by atoms with Gasteiger partial charge in [0.1, 0.15) is 6.10 Å². The van der Waals surface area contributed by atoms with Gasteiger partial charge in [-0.05, 0) is 12.8 Å². The number of hydrogen-bond acceptors (Lipinski definition) is 3. The number of carbonyl (C=O) groups is 1. The van der Waals surface area contributed by atoms with E-state index in [1.807, 2.05) is 0 Å². The zero-order chi connectivity index (χ0) is 8.10. The Bertz CT molecular complexity index is 132. The van der Waals surface area contributed by atoms with Gasteiger partial charge in [0.25, 0.3) is 0 Å². The average Bonchev–Trinajstić information content (AvgIpc) is 2.52. The second kappa shape index (κ2) is 4.31. The van der Waals surface area contributed by atoms with Crippen LogP contribution >= 0.6 is 0 Å². The first-order valence-corrected chi connectivity index (χ1v) is 3.94. The maximum atomic E-state index is 11.1. The molecule has 64 valence electrons. The normalized spacial score (nSPS) is 23.5. The van der Waals surface area contributed by atoms with E-state index >= 15 is 0 Å². The molecule has 1 amide bonds. The number of amides is 1. The molecule has 0 aromatic carbocycles. The molecule has 11 heavy (non-hydrogen) atoms. The van der Waals surface area contributed by atoms with Crippen molar-refractivity contribution in [1.82, 2.24) is 5.32 Å². The van der Waals surface area contributed by atoms with Crippen molar-refractivity contribution >= 4 is 5.91 Å². The lowest BCUT2D eigenvalue weighted by Crippen LogP contribution is -2.36. The molecular weight excluding hydrogens is 144 g/mol. The molecule has 0 aliphatic carbocycles. The first kappa shape index (κ1) is 8.49. The smallest absolute Gasteiger partial charge is 0.249 e. The lowest BCUT2D eigenvalue weighted by Gasteiger charge is -2.08. The van der Waals surface area contributed by atoms with Crippen LogP contribution < -0.4 is 11.1 Å². The largest absolute Gasteiger partial charge is 0.368 e. The van der Waals surface area contributed by atoms with Gasteiger partial charge in [-0.25, -0.2) is 0 Å². The van der Waals surface area contributed by atoms with Gasteiger partial charge in [0.15, 0.2) is 0 Å². The molecule has 0 bridgehead atoms. The van der Waals surface area contributed by atoms with Crippen molar-refractivity contribution in [2.24, 2.45) is 5.73 Å². The zero-order valence-corrected chi connectivity index (χ0v) is 6.51. The Morgan fingerprint density at radius 3 is 3.09 bits per heavy atom. The molecule has 1 heterocycles. The summed E-state index contributed by atoms with van der Waals surface area (Å²) in [7, 11) is 0. The highest BCUT2D eigenvalue weighted by Gasteiger charge is 2.22. The fourth-order valence-corrected chi connectivity index (χ4v) is 1.09. The molecule has 1 rings (SSSR count). The minimum atomic E-state index is -0.221. The fraction of sp³-hybridized carbons (Fsp3) is 0.857. The molecule has 0 aromatic rings. The van der Waals surface area contributed by atoms with Crippen molar-refractivity contribution in [3.8, 4) is 0 Å². The van der Waals surface area contributed by atoms with Gasteiger partial charge in [0.2, 0.25) is 5.91 Å². The van der Waals surface area contributed by atoms with Crippen molar-refractivity contribution < 1.29 is 9.53 Å². The monoisotopic (exact) mass is 158 g/mol. The third kappa shape index (κ3) is 2.48. The summed E-state index contributed by atoms with van der Waals surface area (Å²) < 4.78 is 5.16. The van der Waals surface area contributed by atoms with Gasteiger partial charge < -0.3 is 15.8 Å². The van der Waals surface area contributed by atoms with Crippen LogP contribution in [0.5, 0.6) is 0 Å². The number of carbonyl (C=O) groups excluding carboxylic acids is 1. The molecule has 1 aliphatic rings. The Hall–Kier alpha value is -0.610. The zero-order valence-electron chi connectivity index (χ0n) is 6.51. The van der Waals surface area contributed by atoms with Crippen LogP contribution in [0.4, 0.5) is 0 Å². The van der Waals surface area contributed by atoms with E-state index in [4.69, 9.17) is 10.5 Å². The molecule has 1 fully saturated rings. The first-order chi connectivity index (χ1) is 5.34. The molecule has 1 saturated heterocycles. The average molecular weight is 158 g/mol. The summed E-state index contributed by atoms with van der Waals surface area (Å²) in [6.07, 6.45) is 1.61. The maximum Gasteiger partial charge on any atom is 0.249 e. The van der Waals surface area contributed by atoms with Crippen molar-refractivity contribution in [2.75, 3.05) is 19.7 Å². The molecular formula is C7H14N2O2. The van der Waals surface area contributed by atoms with Gasteiger partial charge >= 0.3 is 0 Å². The quantitative estimate of drug-likeness (QED) is 0.567. The first-order valence-electron chi connectivity index (χ1n) is 3.94. The van der Waals surface area contributed by atoms with Crippen LogP contribution in [0.25, 0.3) is 0 Å². The molecule has 0 saturated carbocycles. The molecule has 1 aliphatic heterocycles. The van der Waals surface area contributed by atoms with Gasteiger partial charge in [0, 0.05) is 19.7 Å². The van der Waals surface area contributed by atoms with Crippen molar-refractivity contribution in [3.63, 3.8) is 0 Å². The Balaban J connectivity index is 2.17. The van der Waals surface area contributed by atoms with E-state index in [1.54, 1.807) is 0 Å². The van der Waals surface area contributed by atoms with Gasteiger partial charge in [-0.2, -0.15) is 0 Å². The van der Waals surface area contributed by atoms with Crippen LogP contribution in [0.1, 0.15) is 12.8 Å². The van der Waals surface area contributed by atoms with E-state index < -0.39 is 0 Å². The molecule has 0 spiro atoms. The molecule has 0 unspecified atom stereocenters. The van der Waals surface area contributed by atoms with E-state index in [-0.39, 0.29) is 12.0 Å². The Morgan fingerprint density at radius 2 is 2.55 bits per heavy atom. The van der Waals surface area contributed by atoms with Crippen LogP contribution in [0.3, 0.4) is 0 Å².